The largest absolute Gasteiger partial charge is 0.391 e. The maximum absolute atomic E-state index is 13.7. The standard InChI is InChI=1S/C12H15F2NO/c1-7-5-6-8(13)12(11(7)14)15-9-3-2-4-10(9)16/h5-6,9-10,15-16H,2-4H2,1H3. The fraction of sp³-hybridized carbons (Fsp3) is 0.500. The number of halogens is 2. The third-order valence-corrected chi connectivity index (χ3v) is 3.09. The van der Waals surface area contributed by atoms with Crippen LogP contribution in [0.5, 0.6) is 0 Å². The van der Waals surface area contributed by atoms with Gasteiger partial charge in [-0.1, -0.05) is 6.07 Å². The highest BCUT2D eigenvalue weighted by Crippen LogP contribution is 2.27. The first kappa shape index (κ1) is 11.3. The molecular formula is C12H15F2NO. The van der Waals surface area contributed by atoms with Crippen molar-refractivity contribution in [2.24, 2.45) is 0 Å². The predicted octanol–water partition coefficient (Wildman–Crippen LogP) is 2.60. The lowest BCUT2D eigenvalue weighted by atomic mass is 10.1. The summed E-state index contributed by atoms with van der Waals surface area (Å²) in [4.78, 5) is 0. The van der Waals surface area contributed by atoms with Gasteiger partial charge in [0.2, 0.25) is 0 Å². The van der Waals surface area contributed by atoms with Crippen molar-refractivity contribution in [3.8, 4) is 0 Å². The average molecular weight is 227 g/mol. The number of hydrogen-bond donors (Lipinski definition) is 2. The minimum atomic E-state index is -0.609. The van der Waals surface area contributed by atoms with Crippen LogP contribution in [0.2, 0.25) is 0 Å². The van der Waals surface area contributed by atoms with Gasteiger partial charge < -0.3 is 10.4 Å². The smallest absolute Gasteiger partial charge is 0.152 e. The van der Waals surface area contributed by atoms with E-state index >= 15 is 0 Å². The molecule has 0 aromatic heterocycles. The Kier molecular flexibility index (Phi) is 3.10. The Hall–Kier alpha value is -1.16. The lowest BCUT2D eigenvalue weighted by Gasteiger charge is -2.19. The number of hydrogen-bond acceptors (Lipinski definition) is 2. The lowest BCUT2D eigenvalue weighted by Crippen LogP contribution is -2.29. The molecule has 2 rings (SSSR count). The van der Waals surface area contributed by atoms with Gasteiger partial charge in [-0.15, -0.1) is 0 Å². The second kappa shape index (κ2) is 4.37. The number of aliphatic hydroxyl groups is 1. The van der Waals surface area contributed by atoms with Gasteiger partial charge in [-0.3, -0.25) is 0 Å². The third kappa shape index (κ3) is 2.02. The van der Waals surface area contributed by atoms with Gasteiger partial charge in [-0.2, -0.15) is 0 Å². The molecule has 1 aromatic rings. The number of rotatable bonds is 2. The molecule has 0 aliphatic heterocycles. The zero-order chi connectivity index (χ0) is 11.7. The second-order valence-corrected chi connectivity index (χ2v) is 4.30. The van der Waals surface area contributed by atoms with E-state index in [-0.39, 0.29) is 11.7 Å². The molecule has 0 heterocycles. The van der Waals surface area contributed by atoms with E-state index in [2.05, 4.69) is 5.32 Å². The van der Waals surface area contributed by atoms with Crippen molar-refractivity contribution >= 4 is 5.69 Å². The summed E-state index contributed by atoms with van der Waals surface area (Å²) in [5, 5.41) is 12.4. The molecular weight excluding hydrogens is 212 g/mol. The van der Waals surface area contributed by atoms with Gasteiger partial charge in [0.05, 0.1) is 12.1 Å². The monoisotopic (exact) mass is 227 g/mol. The molecule has 16 heavy (non-hydrogen) atoms. The van der Waals surface area contributed by atoms with Gasteiger partial charge >= 0.3 is 0 Å². The van der Waals surface area contributed by atoms with Crippen LogP contribution in [0.1, 0.15) is 24.8 Å². The Balaban J connectivity index is 2.23. The van der Waals surface area contributed by atoms with Crippen LogP contribution in [0.25, 0.3) is 0 Å². The average Bonchev–Trinajstić information content (AvgIpc) is 2.65. The Morgan fingerprint density at radius 3 is 2.69 bits per heavy atom. The number of aliphatic hydroxyl groups excluding tert-OH is 1. The molecule has 0 bridgehead atoms. The SMILES string of the molecule is Cc1ccc(F)c(NC2CCCC2O)c1F. The summed E-state index contributed by atoms with van der Waals surface area (Å²) in [6, 6.07) is 2.40. The normalized spacial score (nSPS) is 24.8. The molecule has 0 saturated heterocycles. The molecule has 1 aromatic carbocycles. The molecule has 1 fully saturated rings. The Labute approximate surface area is 93.3 Å². The fourth-order valence-corrected chi connectivity index (χ4v) is 2.08. The molecule has 0 amide bonds. The Bertz CT molecular complexity index is 395. The summed E-state index contributed by atoms with van der Waals surface area (Å²) in [5.74, 6) is -1.18. The topological polar surface area (TPSA) is 32.3 Å². The first-order valence-electron chi connectivity index (χ1n) is 5.49. The maximum atomic E-state index is 13.7. The molecule has 2 nitrogen and oxygen atoms in total. The predicted molar refractivity (Wildman–Crippen MR) is 58.4 cm³/mol. The van der Waals surface area contributed by atoms with Crippen molar-refractivity contribution in [3.05, 3.63) is 29.3 Å². The molecule has 0 radical (unpaired) electrons. The van der Waals surface area contributed by atoms with E-state index < -0.39 is 17.7 Å². The van der Waals surface area contributed by atoms with Crippen molar-refractivity contribution in [1.29, 1.82) is 0 Å². The van der Waals surface area contributed by atoms with Crippen LogP contribution >= 0.6 is 0 Å². The van der Waals surface area contributed by atoms with E-state index in [1.165, 1.54) is 12.1 Å². The summed E-state index contributed by atoms with van der Waals surface area (Å²) in [6.07, 6.45) is 1.80. The molecule has 4 heteroatoms. The highest BCUT2D eigenvalue weighted by molar-refractivity contribution is 5.50. The van der Waals surface area contributed by atoms with Gasteiger partial charge in [-0.05, 0) is 37.8 Å². The summed E-state index contributed by atoms with van der Waals surface area (Å²) in [5.41, 5.74) is 0.280. The summed E-state index contributed by atoms with van der Waals surface area (Å²) >= 11 is 0. The van der Waals surface area contributed by atoms with E-state index in [1.54, 1.807) is 6.92 Å². The number of aryl methyl sites for hydroxylation is 1. The Morgan fingerprint density at radius 2 is 2.06 bits per heavy atom. The van der Waals surface area contributed by atoms with Crippen LogP contribution in [0.15, 0.2) is 12.1 Å². The van der Waals surface area contributed by atoms with Crippen LogP contribution in [-0.4, -0.2) is 17.3 Å². The van der Waals surface area contributed by atoms with Crippen molar-refractivity contribution in [3.63, 3.8) is 0 Å². The highest BCUT2D eigenvalue weighted by atomic mass is 19.1. The zero-order valence-corrected chi connectivity index (χ0v) is 9.13. The second-order valence-electron chi connectivity index (χ2n) is 4.30. The van der Waals surface area contributed by atoms with E-state index in [1.807, 2.05) is 0 Å². The quantitative estimate of drug-likeness (QED) is 0.814. The molecule has 1 saturated carbocycles. The van der Waals surface area contributed by atoms with Gasteiger partial charge in [0.25, 0.3) is 0 Å². The van der Waals surface area contributed by atoms with Gasteiger partial charge in [0.15, 0.2) is 5.82 Å². The molecule has 1 aliphatic rings. The van der Waals surface area contributed by atoms with Gasteiger partial charge in [0.1, 0.15) is 11.5 Å². The van der Waals surface area contributed by atoms with E-state index in [0.29, 0.717) is 12.0 Å². The molecule has 2 atom stereocenters. The maximum Gasteiger partial charge on any atom is 0.152 e. The molecule has 2 unspecified atom stereocenters. The summed E-state index contributed by atoms with van der Waals surface area (Å²) < 4.78 is 27.1. The molecule has 2 N–H and O–H groups in total. The van der Waals surface area contributed by atoms with Crippen LogP contribution < -0.4 is 5.32 Å². The minimum Gasteiger partial charge on any atom is -0.391 e. The zero-order valence-electron chi connectivity index (χ0n) is 9.13. The van der Waals surface area contributed by atoms with Crippen molar-refractivity contribution < 1.29 is 13.9 Å². The highest BCUT2D eigenvalue weighted by Gasteiger charge is 2.26. The summed E-state index contributed by atoms with van der Waals surface area (Å²) in [7, 11) is 0. The van der Waals surface area contributed by atoms with Crippen LogP contribution in [0, 0.1) is 18.6 Å². The van der Waals surface area contributed by atoms with Crippen molar-refractivity contribution in [1.82, 2.24) is 0 Å². The van der Waals surface area contributed by atoms with E-state index in [9.17, 15) is 13.9 Å². The van der Waals surface area contributed by atoms with Crippen LogP contribution in [0.4, 0.5) is 14.5 Å². The van der Waals surface area contributed by atoms with Crippen LogP contribution in [0.3, 0.4) is 0 Å². The number of nitrogens with one attached hydrogen (secondary N) is 1. The number of benzene rings is 1. The summed E-state index contributed by atoms with van der Waals surface area (Å²) in [6.45, 7) is 1.59. The fourth-order valence-electron chi connectivity index (χ4n) is 2.08. The van der Waals surface area contributed by atoms with Gasteiger partial charge in [0, 0.05) is 0 Å². The van der Waals surface area contributed by atoms with Crippen molar-refractivity contribution in [2.45, 2.75) is 38.3 Å². The van der Waals surface area contributed by atoms with Gasteiger partial charge in [-0.25, -0.2) is 8.78 Å². The molecule has 0 spiro atoms. The van der Waals surface area contributed by atoms with E-state index in [0.717, 1.165) is 12.8 Å². The van der Waals surface area contributed by atoms with Crippen molar-refractivity contribution in [2.75, 3.05) is 5.32 Å². The molecule has 88 valence electrons. The Morgan fingerprint density at radius 1 is 1.31 bits per heavy atom. The lowest BCUT2D eigenvalue weighted by molar-refractivity contribution is 0.171. The van der Waals surface area contributed by atoms with Crippen LogP contribution in [-0.2, 0) is 0 Å². The van der Waals surface area contributed by atoms with E-state index in [4.69, 9.17) is 0 Å². The minimum absolute atomic E-state index is 0.119. The molecule has 1 aliphatic carbocycles. The number of anilines is 1. The first-order chi connectivity index (χ1) is 7.59. The third-order valence-electron chi connectivity index (χ3n) is 3.09. The first-order valence-corrected chi connectivity index (χ1v) is 5.49.